The van der Waals surface area contributed by atoms with Gasteiger partial charge in [0.25, 0.3) is 0 Å². The first-order chi connectivity index (χ1) is 56.5. The zero-order chi connectivity index (χ0) is 74.6. The molecule has 0 fully saturated rings. The minimum atomic E-state index is 1.18. The molecule has 0 aliphatic heterocycles. The van der Waals surface area contributed by atoms with E-state index in [1.165, 1.54) is 236 Å². The molecule has 6 aromatic heterocycles. The maximum Gasteiger partial charge on any atom is 0.0640 e. The Labute approximate surface area is 673 Å². The topological polar surface area (TPSA) is 9.86 Å². The van der Waals surface area contributed by atoms with E-state index in [9.17, 15) is 0 Å². The number of hydrogen-bond acceptors (Lipinski definition) is 4. The van der Waals surface area contributed by atoms with Crippen LogP contribution in [0, 0.1) is 0 Å². The lowest BCUT2D eigenvalue weighted by Gasteiger charge is -2.11. The van der Waals surface area contributed by atoms with E-state index in [0.717, 1.165) is 0 Å². The Morgan fingerprint density at radius 2 is 0.447 bits per heavy atom. The Balaban J connectivity index is 0.598. The number of thiophene rings is 4. The van der Waals surface area contributed by atoms with Crippen LogP contribution in [0.5, 0.6) is 0 Å². The van der Waals surface area contributed by atoms with Crippen molar-refractivity contribution in [2.24, 2.45) is 0 Å². The minimum Gasteiger partial charge on any atom is -0.308 e. The maximum absolute atomic E-state index is 2.54. The van der Waals surface area contributed by atoms with Crippen LogP contribution in [0.4, 0.5) is 0 Å². The van der Waals surface area contributed by atoms with Gasteiger partial charge in [0.05, 0.1) is 42.8 Å². The fourth-order valence-corrected chi connectivity index (χ4v) is 23.3. The maximum atomic E-state index is 2.54. The standard InChI is InChI=1S/C108H64N2S4/c1-6-20-65(21-7-1)72-42-53-93-88(58-72)89-59-73(66-22-8-2-9-23-66)43-54-94(89)109(93)98-34-19-32-87-104-80(50-52-82(108(104)114-106(87)98)71-28-14-5-15-29-71)78-41-48-85-84-47-40-76(63-101(84)112-102(85)64-78)69-38-36-68(37-39-69)75-45-56-96-91(61-75)90-60-74(67-24-10-3-11-25-67)44-55-95(90)110(96)97-33-18-31-86-103-79(49-51-81(107(103)113-105(86)97)70-26-12-4-13-27-70)77-46-57-100-92(62-77)83-30-16-17-35-99(83)111-100/h1-64H. The van der Waals surface area contributed by atoms with Crippen molar-refractivity contribution in [1.82, 2.24) is 9.13 Å². The van der Waals surface area contributed by atoms with Gasteiger partial charge < -0.3 is 9.13 Å². The molecule has 0 aliphatic rings. The smallest absolute Gasteiger partial charge is 0.0640 e. The average Bonchev–Trinajstić information content (AvgIpc) is 1.54. The number of fused-ring (bicyclic) bond motifs is 18. The molecule has 0 aliphatic carbocycles. The molecule has 0 N–H and O–H groups in total. The summed E-state index contributed by atoms with van der Waals surface area (Å²) in [5.41, 5.74) is 29.0. The zero-order valence-electron chi connectivity index (χ0n) is 61.5. The molecule has 0 saturated heterocycles. The summed E-state index contributed by atoms with van der Waals surface area (Å²) in [5.74, 6) is 0. The summed E-state index contributed by atoms with van der Waals surface area (Å²) in [7, 11) is 0. The highest BCUT2D eigenvalue weighted by Gasteiger charge is 2.26. The fourth-order valence-electron chi connectivity index (χ4n) is 18.3. The van der Waals surface area contributed by atoms with Crippen LogP contribution < -0.4 is 0 Å². The molecule has 0 unspecified atom stereocenters. The average molecular weight is 1520 g/mol. The molecular weight excluding hydrogens is 1450 g/mol. The van der Waals surface area contributed by atoms with Crippen LogP contribution in [0.15, 0.2) is 388 Å². The van der Waals surface area contributed by atoms with Crippen LogP contribution in [0.2, 0.25) is 0 Å². The van der Waals surface area contributed by atoms with Gasteiger partial charge in [-0.05, 0) is 191 Å². The molecular formula is C108H64N2S4. The molecule has 0 spiro atoms. The summed E-state index contributed by atoms with van der Waals surface area (Å²) in [4.78, 5) is 0. The van der Waals surface area contributed by atoms with Gasteiger partial charge in [-0.15, -0.1) is 45.3 Å². The third-order valence-electron chi connectivity index (χ3n) is 23.8. The van der Waals surface area contributed by atoms with Crippen molar-refractivity contribution in [3.63, 3.8) is 0 Å². The first-order valence-electron chi connectivity index (χ1n) is 38.9. The summed E-state index contributed by atoms with van der Waals surface area (Å²) in [6.07, 6.45) is 0. The predicted octanol–water partition coefficient (Wildman–Crippen LogP) is 32.4. The molecule has 24 rings (SSSR count). The summed E-state index contributed by atoms with van der Waals surface area (Å²) in [6.45, 7) is 0. The van der Waals surface area contributed by atoms with Crippen molar-refractivity contribution in [3.05, 3.63) is 388 Å². The second-order valence-electron chi connectivity index (χ2n) is 30.1. The number of hydrogen-bond donors (Lipinski definition) is 0. The summed E-state index contributed by atoms with van der Waals surface area (Å²) in [6, 6.07) is 145. The van der Waals surface area contributed by atoms with Crippen molar-refractivity contribution >= 4 is 170 Å². The van der Waals surface area contributed by atoms with Crippen LogP contribution in [0.3, 0.4) is 0 Å². The van der Waals surface area contributed by atoms with Crippen LogP contribution >= 0.6 is 45.3 Å². The van der Waals surface area contributed by atoms with Gasteiger partial charge in [0.2, 0.25) is 0 Å². The minimum absolute atomic E-state index is 1.18. The Morgan fingerprint density at radius 3 is 0.895 bits per heavy atom. The van der Waals surface area contributed by atoms with Crippen LogP contribution in [0.1, 0.15) is 0 Å². The highest BCUT2D eigenvalue weighted by atomic mass is 32.1. The third kappa shape index (κ3) is 10.4. The van der Waals surface area contributed by atoms with Gasteiger partial charge in [-0.25, -0.2) is 0 Å². The molecule has 114 heavy (non-hydrogen) atoms. The Morgan fingerprint density at radius 1 is 0.149 bits per heavy atom. The van der Waals surface area contributed by atoms with Crippen molar-refractivity contribution in [2.45, 2.75) is 0 Å². The highest BCUT2D eigenvalue weighted by molar-refractivity contribution is 7.28. The second-order valence-corrected chi connectivity index (χ2v) is 34.3. The van der Waals surface area contributed by atoms with Crippen LogP contribution in [-0.2, 0) is 0 Å². The van der Waals surface area contributed by atoms with E-state index in [-0.39, 0.29) is 0 Å². The monoisotopic (exact) mass is 1520 g/mol. The van der Waals surface area contributed by atoms with Gasteiger partial charge >= 0.3 is 0 Å². The van der Waals surface area contributed by atoms with Crippen molar-refractivity contribution in [3.8, 4) is 112 Å². The lowest BCUT2D eigenvalue weighted by molar-refractivity contribution is 1.20. The van der Waals surface area contributed by atoms with E-state index in [0.29, 0.717) is 0 Å². The van der Waals surface area contributed by atoms with Gasteiger partial charge in [0.15, 0.2) is 0 Å². The summed E-state index contributed by atoms with van der Waals surface area (Å²) < 4.78 is 15.4. The lowest BCUT2D eigenvalue weighted by atomic mass is 9.94. The van der Waals surface area contributed by atoms with Gasteiger partial charge in [-0.3, -0.25) is 0 Å². The molecule has 0 radical (unpaired) electrons. The van der Waals surface area contributed by atoms with Crippen molar-refractivity contribution in [2.75, 3.05) is 0 Å². The largest absolute Gasteiger partial charge is 0.308 e. The Kier molecular flexibility index (Phi) is 14.9. The van der Waals surface area contributed by atoms with Crippen molar-refractivity contribution < 1.29 is 0 Å². The summed E-state index contributed by atoms with van der Waals surface area (Å²) >= 11 is 7.61. The molecule has 6 heterocycles. The van der Waals surface area contributed by atoms with E-state index >= 15 is 0 Å². The molecule has 0 atom stereocenters. The molecule has 24 aromatic rings. The van der Waals surface area contributed by atoms with E-state index in [1.54, 1.807) is 0 Å². The third-order valence-corrected chi connectivity index (χ3v) is 28.6. The van der Waals surface area contributed by atoms with Gasteiger partial charge in [-0.1, -0.05) is 297 Å². The number of nitrogens with zero attached hydrogens (tertiary/aromatic N) is 2. The van der Waals surface area contributed by atoms with E-state index in [1.807, 2.05) is 45.3 Å². The molecule has 530 valence electrons. The van der Waals surface area contributed by atoms with Crippen molar-refractivity contribution in [1.29, 1.82) is 0 Å². The van der Waals surface area contributed by atoms with E-state index < -0.39 is 0 Å². The number of rotatable bonds is 11. The second kappa shape index (κ2) is 26.0. The quantitative estimate of drug-likeness (QED) is 0.122. The first-order valence-corrected chi connectivity index (χ1v) is 42.2. The first kappa shape index (κ1) is 65.2. The fraction of sp³-hybridized carbons (Fsp3) is 0. The lowest BCUT2D eigenvalue weighted by Crippen LogP contribution is -1.94. The molecule has 0 saturated carbocycles. The molecule has 18 aromatic carbocycles. The van der Waals surface area contributed by atoms with Gasteiger partial charge in [0, 0.05) is 92.8 Å². The van der Waals surface area contributed by atoms with Crippen LogP contribution in [0.25, 0.3) is 236 Å². The normalized spacial score (nSPS) is 12.0. The number of benzene rings is 18. The Hall–Kier alpha value is -13.6. The SMILES string of the molecule is c1ccc(-c2ccc3c(c2)c2cc(-c4ccccc4)ccc2n3-c2cccc3c2sc2c(-c4ccccc4)ccc(-c4ccc5c(c4)sc4cc(-c6ccc(-c7ccc8c(c7)c7cc(-c9ccccc9)ccc7n8-c7cccc8c7sc7c(-c9ccccc9)ccc(-c9ccc%10sc%11ccccc%11c%10c9)c78)cc6)ccc45)c23)cc1. The Bertz CT molecular complexity index is 7960. The number of aromatic nitrogens is 2. The molecule has 6 heteroatoms. The van der Waals surface area contributed by atoms with Gasteiger partial charge in [0.1, 0.15) is 0 Å². The summed E-state index contributed by atoms with van der Waals surface area (Å²) in [5, 5.41) is 15.2. The van der Waals surface area contributed by atoms with E-state index in [2.05, 4.69) is 397 Å². The van der Waals surface area contributed by atoms with Crippen LogP contribution in [-0.4, -0.2) is 9.13 Å². The molecule has 0 bridgehead atoms. The predicted molar refractivity (Wildman–Crippen MR) is 496 cm³/mol. The zero-order valence-corrected chi connectivity index (χ0v) is 64.7. The molecule has 2 nitrogen and oxygen atoms in total. The molecule has 0 amide bonds. The highest BCUT2D eigenvalue weighted by Crippen LogP contribution is 2.53. The van der Waals surface area contributed by atoms with E-state index in [4.69, 9.17) is 0 Å². The van der Waals surface area contributed by atoms with Gasteiger partial charge in [-0.2, -0.15) is 0 Å².